The van der Waals surface area contributed by atoms with E-state index in [1.165, 1.54) is 16.7 Å². The molecule has 1 fully saturated rings. The van der Waals surface area contributed by atoms with Crippen LogP contribution in [0.25, 0.3) is 0 Å². The lowest BCUT2D eigenvalue weighted by Crippen LogP contribution is -2.33. The Kier molecular flexibility index (Phi) is 4.59. The molecule has 2 N–H and O–H groups in total. The minimum atomic E-state index is 0.223. The fourth-order valence-corrected chi connectivity index (χ4v) is 2.39. The van der Waals surface area contributed by atoms with Gasteiger partial charge >= 0.3 is 0 Å². The maximum Gasteiger partial charge on any atom is 0.223 e. The largest absolute Gasteiger partial charge is 0.355 e. The Labute approximate surface area is 115 Å². The molecule has 1 aliphatic rings. The molecule has 0 aliphatic heterocycles. The number of carbonyl (C=O) groups excluding carboxylic acids is 1. The first-order chi connectivity index (χ1) is 9.08. The van der Waals surface area contributed by atoms with E-state index in [-0.39, 0.29) is 5.91 Å². The Bertz CT molecular complexity index is 452. The zero-order valence-corrected chi connectivity index (χ0v) is 12.1. The highest BCUT2D eigenvalue weighted by atomic mass is 16.2. The summed E-state index contributed by atoms with van der Waals surface area (Å²) in [5.74, 6) is 0.526. The first kappa shape index (κ1) is 14.1. The van der Waals surface area contributed by atoms with Crippen LogP contribution in [-0.4, -0.2) is 19.0 Å². The molecule has 3 heteroatoms. The number of nitrogens with one attached hydrogen (secondary N) is 2. The average Bonchev–Trinajstić information content (AvgIpc) is 3.18. The van der Waals surface area contributed by atoms with Crippen molar-refractivity contribution < 1.29 is 4.79 Å². The summed E-state index contributed by atoms with van der Waals surface area (Å²) < 4.78 is 0. The smallest absolute Gasteiger partial charge is 0.223 e. The fraction of sp³-hybridized carbons (Fsp3) is 0.562. The predicted octanol–water partition coefficient (Wildman–Crippen LogP) is 2.48. The SMILES string of the molecule is Cc1ccc(C(C)NCCNC(=O)C2CC2)c(C)c1. The number of benzene rings is 1. The highest BCUT2D eigenvalue weighted by molar-refractivity contribution is 5.80. The lowest BCUT2D eigenvalue weighted by molar-refractivity contribution is -0.122. The van der Waals surface area contributed by atoms with Crippen molar-refractivity contribution in [1.82, 2.24) is 10.6 Å². The Hall–Kier alpha value is -1.35. The molecule has 1 saturated carbocycles. The Balaban J connectivity index is 1.74. The summed E-state index contributed by atoms with van der Waals surface area (Å²) in [6.07, 6.45) is 2.14. The van der Waals surface area contributed by atoms with E-state index in [1.54, 1.807) is 0 Å². The van der Waals surface area contributed by atoms with Crippen LogP contribution in [0.4, 0.5) is 0 Å². The van der Waals surface area contributed by atoms with Gasteiger partial charge in [-0.15, -0.1) is 0 Å². The molecular weight excluding hydrogens is 236 g/mol. The van der Waals surface area contributed by atoms with Gasteiger partial charge in [-0.3, -0.25) is 4.79 Å². The third-order valence-electron chi connectivity index (χ3n) is 3.71. The van der Waals surface area contributed by atoms with Crippen LogP contribution in [0.1, 0.15) is 42.5 Å². The van der Waals surface area contributed by atoms with Crippen LogP contribution in [0.5, 0.6) is 0 Å². The highest BCUT2D eigenvalue weighted by Crippen LogP contribution is 2.28. The summed E-state index contributed by atoms with van der Waals surface area (Å²) in [4.78, 5) is 11.5. The maximum absolute atomic E-state index is 11.5. The molecule has 19 heavy (non-hydrogen) atoms. The molecule has 3 nitrogen and oxygen atoms in total. The topological polar surface area (TPSA) is 41.1 Å². The molecule has 0 radical (unpaired) electrons. The monoisotopic (exact) mass is 260 g/mol. The van der Waals surface area contributed by atoms with Crippen LogP contribution in [-0.2, 0) is 4.79 Å². The molecule has 1 atom stereocenters. The Morgan fingerprint density at radius 2 is 2.05 bits per heavy atom. The lowest BCUT2D eigenvalue weighted by atomic mass is 10.0. The molecule has 1 aromatic carbocycles. The molecule has 1 aliphatic carbocycles. The molecule has 1 unspecified atom stereocenters. The zero-order chi connectivity index (χ0) is 13.8. The van der Waals surface area contributed by atoms with E-state index in [0.29, 0.717) is 18.5 Å². The van der Waals surface area contributed by atoms with Crippen molar-refractivity contribution in [1.29, 1.82) is 0 Å². The molecule has 0 spiro atoms. The first-order valence-corrected chi connectivity index (χ1v) is 7.16. The van der Waals surface area contributed by atoms with Crippen molar-refractivity contribution in [3.05, 3.63) is 34.9 Å². The molecule has 0 bridgehead atoms. The van der Waals surface area contributed by atoms with E-state index in [4.69, 9.17) is 0 Å². The van der Waals surface area contributed by atoms with Crippen LogP contribution in [0.3, 0.4) is 0 Å². The van der Waals surface area contributed by atoms with E-state index < -0.39 is 0 Å². The molecule has 0 aromatic heterocycles. The summed E-state index contributed by atoms with van der Waals surface area (Å²) in [7, 11) is 0. The number of rotatable bonds is 6. The molecule has 0 saturated heterocycles. The van der Waals surface area contributed by atoms with Gasteiger partial charge in [-0.1, -0.05) is 23.8 Å². The highest BCUT2D eigenvalue weighted by Gasteiger charge is 2.28. The third kappa shape index (κ3) is 4.06. The van der Waals surface area contributed by atoms with Crippen LogP contribution in [0.2, 0.25) is 0 Å². The van der Waals surface area contributed by atoms with Gasteiger partial charge < -0.3 is 10.6 Å². The van der Waals surface area contributed by atoms with Crippen molar-refractivity contribution in [3.8, 4) is 0 Å². The maximum atomic E-state index is 11.5. The van der Waals surface area contributed by atoms with Crippen molar-refractivity contribution >= 4 is 5.91 Å². The summed E-state index contributed by atoms with van der Waals surface area (Å²) in [5, 5.41) is 6.43. The van der Waals surface area contributed by atoms with Gasteiger partial charge in [0.05, 0.1) is 0 Å². The van der Waals surface area contributed by atoms with Crippen LogP contribution in [0, 0.1) is 19.8 Å². The van der Waals surface area contributed by atoms with Crippen LogP contribution >= 0.6 is 0 Å². The lowest BCUT2D eigenvalue weighted by Gasteiger charge is -2.17. The summed E-state index contributed by atoms with van der Waals surface area (Å²) in [5.41, 5.74) is 3.95. The van der Waals surface area contributed by atoms with Crippen molar-refractivity contribution in [2.45, 2.75) is 39.7 Å². The van der Waals surface area contributed by atoms with Gasteiger partial charge in [-0.25, -0.2) is 0 Å². The van der Waals surface area contributed by atoms with Crippen molar-refractivity contribution in [2.24, 2.45) is 5.92 Å². The Morgan fingerprint density at radius 3 is 2.68 bits per heavy atom. The number of amides is 1. The van der Waals surface area contributed by atoms with Crippen molar-refractivity contribution in [3.63, 3.8) is 0 Å². The molecule has 1 amide bonds. The Morgan fingerprint density at radius 1 is 1.32 bits per heavy atom. The minimum Gasteiger partial charge on any atom is -0.355 e. The van der Waals surface area contributed by atoms with Gasteiger partial charge in [-0.2, -0.15) is 0 Å². The van der Waals surface area contributed by atoms with Crippen molar-refractivity contribution in [2.75, 3.05) is 13.1 Å². The first-order valence-electron chi connectivity index (χ1n) is 7.16. The number of carbonyl (C=O) groups is 1. The van der Waals surface area contributed by atoms with E-state index in [1.807, 2.05) is 0 Å². The molecule has 1 aromatic rings. The quantitative estimate of drug-likeness (QED) is 0.772. The standard InChI is InChI=1S/C16H24N2O/c1-11-4-7-15(12(2)10-11)13(3)17-8-9-18-16(19)14-5-6-14/h4,7,10,13-14,17H,5-6,8-9H2,1-3H3,(H,18,19). The third-order valence-corrected chi connectivity index (χ3v) is 3.71. The normalized spacial score (nSPS) is 16.2. The van der Waals surface area contributed by atoms with E-state index in [0.717, 1.165) is 19.4 Å². The van der Waals surface area contributed by atoms with Gasteiger partial charge in [0.15, 0.2) is 0 Å². The van der Waals surface area contributed by atoms with Crippen LogP contribution < -0.4 is 10.6 Å². The summed E-state index contributed by atoms with van der Waals surface area (Å²) in [6, 6.07) is 6.86. The average molecular weight is 260 g/mol. The molecule has 104 valence electrons. The number of hydrogen-bond acceptors (Lipinski definition) is 2. The summed E-state index contributed by atoms with van der Waals surface area (Å²) >= 11 is 0. The fourth-order valence-electron chi connectivity index (χ4n) is 2.39. The molecule has 2 rings (SSSR count). The zero-order valence-electron chi connectivity index (χ0n) is 12.1. The van der Waals surface area contributed by atoms with E-state index >= 15 is 0 Å². The predicted molar refractivity (Wildman–Crippen MR) is 78.1 cm³/mol. The van der Waals surface area contributed by atoms with Crippen LogP contribution in [0.15, 0.2) is 18.2 Å². The van der Waals surface area contributed by atoms with Gasteiger partial charge in [0, 0.05) is 25.0 Å². The number of aryl methyl sites for hydroxylation is 2. The number of hydrogen-bond donors (Lipinski definition) is 2. The van der Waals surface area contributed by atoms with Gasteiger partial charge in [0.25, 0.3) is 0 Å². The summed E-state index contributed by atoms with van der Waals surface area (Å²) in [6.45, 7) is 7.95. The minimum absolute atomic E-state index is 0.223. The second kappa shape index (κ2) is 6.20. The molecule has 0 heterocycles. The van der Waals surface area contributed by atoms with E-state index in [9.17, 15) is 4.79 Å². The van der Waals surface area contributed by atoms with Gasteiger partial charge in [0.2, 0.25) is 5.91 Å². The van der Waals surface area contributed by atoms with Gasteiger partial charge in [-0.05, 0) is 44.7 Å². The molecular formula is C16H24N2O. The second-order valence-corrected chi connectivity index (χ2v) is 5.60. The second-order valence-electron chi connectivity index (χ2n) is 5.60. The van der Waals surface area contributed by atoms with Gasteiger partial charge in [0.1, 0.15) is 0 Å². The van der Waals surface area contributed by atoms with E-state index in [2.05, 4.69) is 49.6 Å².